The van der Waals surface area contributed by atoms with E-state index in [4.69, 9.17) is 5.10 Å². The molecule has 3 aromatic rings. The molecular formula is C24H31N4OS+. The van der Waals surface area contributed by atoms with Crippen molar-refractivity contribution in [3.05, 3.63) is 59.1 Å². The quantitative estimate of drug-likeness (QED) is 0.572. The van der Waals surface area contributed by atoms with Gasteiger partial charge in [0.15, 0.2) is 0 Å². The van der Waals surface area contributed by atoms with E-state index in [1.165, 1.54) is 25.8 Å². The molecule has 1 saturated heterocycles. The Balaban J connectivity index is 1.47. The summed E-state index contributed by atoms with van der Waals surface area (Å²) in [7, 11) is 0. The van der Waals surface area contributed by atoms with Crippen LogP contribution in [0.1, 0.15) is 48.7 Å². The second-order valence-corrected chi connectivity index (χ2v) is 9.26. The minimum absolute atomic E-state index is 0.0616. The minimum atomic E-state index is -0.0616. The molecule has 0 aliphatic carbocycles. The van der Waals surface area contributed by atoms with Crippen LogP contribution >= 0.6 is 11.3 Å². The molecule has 1 fully saturated rings. The van der Waals surface area contributed by atoms with Gasteiger partial charge in [-0.05, 0) is 68.3 Å². The first-order valence-corrected chi connectivity index (χ1v) is 11.8. The molecule has 1 aliphatic rings. The number of amides is 1. The minimum Gasteiger partial charge on any atom is -0.350 e. The van der Waals surface area contributed by atoms with Gasteiger partial charge in [-0.2, -0.15) is 5.10 Å². The van der Waals surface area contributed by atoms with Crippen molar-refractivity contribution >= 4 is 17.2 Å². The highest BCUT2D eigenvalue weighted by atomic mass is 32.1. The van der Waals surface area contributed by atoms with Gasteiger partial charge in [0, 0.05) is 13.0 Å². The molecule has 4 rings (SSSR count). The van der Waals surface area contributed by atoms with Gasteiger partial charge in [0.2, 0.25) is 0 Å². The van der Waals surface area contributed by atoms with E-state index in [9.17, 15) is 4.79 Å². The molecule has 5 nitrogen and oxygen atoms in total. The van der Waals surface area contributed by atoms with E-state index >= 15 is 0 Å². The summed E-state index contributed by atoms with van der Waals surface area (Å²) in [6.45, 7) is 7.48. The van der Waals surface area contributed by atoms with E-state index in [0.29, 0.717) is 12.2 Å². The molecule has 1 amide bonds. The van der Waals surface area contributed by atoms with Crippen LogP contribution in [0.25, 0.3) is 16.3 Å². The monoisotopic (exact) mass is 423 g/mol. The molecule has 6 heteroatoms. The van der Waals surface area contributed by atoms with Gasteiger partial charge in [-0.3, -0.25) is 4.79 Å². The van der Waals surface area contributed by atoms with Gasteiger partial charge in [-0.25, -0.2) is 4.68 Å². The number of benzene rings is 1. The zero-order chi connectivity index (χ0) is 20.9. The second kappa shape index (κ2) is 9.58. The zero-order valence-corrected chi connectivity index (χ0v) is 18.7. The van der Waals surface area contributed by atoms with Crippen LogP contribution in [-0.4, -0.2) is 41.4 Å². The summed E-state index contributed by atoms with van der Waals surface area (Å²) in [5.41, 5.74) is 3.48. The Hall–Kier alpha value is -2.44. The number of hydrogen-bond donors (Lipinski definition) is 2. The molecule has 0 bridgehead atoms. The molecule has 1 aromatic carbocycles. The first-order valence-electron chi connectivity index (χ1n) is 11.0. The zero-order valence-electron chi connectivity index (χ0n) is 17.9. The van der Waals surface area contributed by atoms with Crippen LogP contribution in [0.15, 0.2) is 47.8 Å². The number of likely N-dealkylation sites (tertiary alicyclic amines) is 1. The molecule has 0 radical (unpaired) electrons. The maximum absolute atomic E-state index is 13.0. The number of carbonyl (C=O) groups excluding carboxylic acids is 1. The number of quaternary nitrogens is 1. The Bertz CT molecular complexity index is 979. The first-order chi connectivity index (χ1) is 14.6. The van der Waals surface area contributed by atoms with Crippen LogP contribution in [-0.2, 0) is 0 Å². The molecule has 2 aromatic heterocycles. The summed E-state index contributed by atoms with van der Waals surface area (Å²) in [6, 6.07) is 14.8. The van der Waals surface area contributed by atoms with Crippen molar-refractivity contribution in [2.24, 2.45) is 0 Å². The van der Waals surface area contributed by atoms with E-state index in [1.807, 2.05) is 35.7 Å². The lowest BCUT2D eigenvalue weighted by Gasteiger charge is -2.30. The third-order valence-electron chi connectivity index (χ3n) is 6.00. The smallest absolute Gasteiger partial charge is 0.270 e. The molecular weight excluding hydrogens is 392 g/mol. The second-order valence-electron chi connectivity index (χ2n) is 8.31. The van der Waals surface area contributed by atoms with Gasteiger partial charge in [0.25, 0.3) is 5.91 Å². The highest BCUT2D eigenvalue weighted by Gasteiger charge is 2.22. The SMILES string of the molecule is Cc1cccc(-n2nc(-c3cccs3)cc2C(=O)NCCC[NH+]2CCCC[C@@H]2C)c1. The van der Waals surface area contributed by atoms with Crippen LogP contribution in [0, 0.1) is 6.92 Å². The van der Waals surface area contributed by atoms with Gasteiger partial charge in [0.1, 0.15) is 11.4 Å². The highest BCUT2D eigenvalue weighted by Crippen LogP contribution is 2.26. The van der Waals surface area contributed by atoms with Crippen LogP contribution in [0.5, 0.6) is 0 Å². The van der Waals surface area contributed by atoms with Crippen LogP contribution in [0.4, 0.5) is 0 Å². The Morgan fingerprint density at radius 1 is 1.27 bits per heavy atom. The Kier molecular flexibility index (Phi) is 6.65. The predicted octanol–water partition coefficient (Wildman–Crippen LogP) is 3.49. The molecule has 1 unspecified atom stereocenters. The number of carbonyl (C=O) groups is 1. The average Bonchev–Trinajstić information content (AvgIpc) is 3.42. The third-order valence-corrected chi connectivity index (χ3v) is 6.90. The molecule has 2 N–H and O–H groups in total. The maximum Gasteiger partial charge on any atom is 0.270 e. The molecule has 1 aliphatic heterocycles. The topological polar surface area (TPSA) is 51.4 Å². The summed E-state index contributed by atoms with van der Waals surface area (Å²) >= 11 is 1.64. The Morgan fingerprint density at radius 3 is 2.93 bits per heavy atom. The lowest BCUT2D eigenvalue weighted by atomic mass is 10.0. The summed E-state index contributed by atoms with van der Waals surface area (Å²) in [6.07, 6.45) is 5.01. The summed E-state index contributed by atoms with van der Waals surface area (Å²) in [4.78, 5) is 15.8. The van der Waals surface area contributed by atoms with Gasteiger partial charge >= 0.3 is 0 Å². The van der Waals surface area contributed by atoms with Crippen molar-refractivity contribution in [1.82, 2.24) is 15.1 Å². The number of rotatable bonds is 7. The van der Waals surface area contributed by atoms with Gasteiger partial charge in [0.05, 0.1) is 29.7 Å². The third kappa shape index (κ3) is 4.82. The van der Waals surface area contributed by atoms with Crippen LogP contribution in [0.3, 0.4) is 0 Å². The van der Waals surface area contributed by atoms with Crippen molar-refractivity contribution in [2.75, 3.05) is 19.6 Å². The predicted molar refractivity (Wildman–Crippen MR) is 123 cm³/mol. The van der Waals surface area contributed by atoms with Crippen molar-refractivity contribution in [1.29, 1.82) is 0 Å². The van der Waals surface area contributed by atoms with E-state index in [2.05, 4.69) is 31.3 Å². The normalized spacial score (nSPS) is 19.0. The number of hydrogen-bond acceptors (Lipinski definition) is 3. The number of aryl methyl sites for hydroxylation is 1. The largest absolute Gasteiger partial charge is 0.350 e. The van der Waals surface area contributed by atoms with Crippen molar-refractivity contribution in [3.63, 3.8) is 0 Å². The van der Waals surface area contributed by atoms with Crippen molar-refractivity contribution in [2.45, 2.75) is 45.6 Å². The molecule has 0 saturated carbocycles. The maximum atomic E-state index is 13.0. The Labute approximate surface area is 182 Å². The fourth-order valence-corrected chi connectivity index (χ4v) is 4.96. The molecule has 3 heterocycles. The molecule has 30 heavy (non-hydrogen) atoms. The molecule has 0 spiro atoms. The average molecular weight is 424 g/mol. The summed E-state index contributed by atoms with van der Waals surface area (Å²) in [5.74, 6) is -0.0616. The van der Waals surface area contributed by atoms with E-state index in [1.54, 1.807) is 20.9 Å². The van der Waals surface area contributed by atoms with Crippen LogP contribution < -0.4 is 10.2 Å². The summed E-state index contributed by atoms with van der Waals surface area (Å²) in [5, 5.41) is 9.92. The van der Waals surface area contributed by atoms with E-state index in [0.717, 1.165) is 40.8 Å². The highest BCUT2D eigenvalue weighted by molar-refractivity contribution is 7.13. The molecule has 158 valence electrons. The number of nitrogens with one attached hydrogen (secondary N) is 2. The van der Waals surface area contributed by atoms with E-state index < -0.39 is 0 Å². The standard InChI is InChI=1S/C24H30N4OS/c1-18-8-5-10-20(16-18)28-22(17-21(26-28)23-11-6-15-30-23)24(29)25-12-7-14-27-13-4-3-9-19(27)2/h5-6,8,10-11,15-17,19H,3-4,7,9,12-14H2,1-2H3,(H,25,29)/p+1/t19-/m0/s1. The Morgan fingerprint density at radius 2 is 2.17 bits per heavy atom. The fraction of sp³-hybridized carbons (Fsp3) is 0.417. The fourth-order valence-electron chi connectivity index (χ4n) is 4.28. The van der Waals surface area contributed by atoms with Crippen molar-refractivity contribution < 1.29 is 9.69 Å². The van der Waals surface area contributed by atoms with Gasteiger partial charge < -0.3 is 10.2 Å². The van der Waals surface area contributed by atoms with Gasteiger partial charge in [-0.15, -0.1) is 11.3 Å². The lowest BCUT2D eigenvalue weighted by molar-refractivity contribution is -0.928. The van der Waals surface area contributed by atoms with E-state index in [-0.39, 0.29) is 5.91 Å². The first kappa shape index (κ1) is 20.8. The number of thiophene rings is 1. The van der Waals surface area contributed by atoms with Crippen molar-refractivity contribution in [3.8, 4) is 16.3 Å². The van der Waals surface area contributed by atoms with Gasteiger partial charge in [-0.1, -0.05) is 18.2 Å². The summed E-state index contributed by atoms with van der Waals surface area (Å²) < 4.78 is 1.77. The molecule has 2 atom stereocenters. The number of piperidine rings is 1. The lowest BCUT2D eigenvalue weighted by Crippen LogP contribution is -3.16. The number of aromatic nitrogens is 2. The number of nitrogens with zero attached hydrogens (tertiary/aromatic N) is 2. The van der Waals surface area contributed by atoms with Crippen LogP contribution in [0.2, 0.25) is 0 Å².